The second-order valence-electron chi connectivity index (χ2n) is 5.07. The monoisotopic (exact) mass is 325 g/mol. The smallest absolute Gasteiger partial charge is 0.324 e. The number of rotatable bonds is 5. The SMILES string of the molecule is CCOC(=O)C1CCCCN1S(=O)(=O)c1ccc(C=O)cc1. The normalized spacial score (nSPS) is 19.6. The number of nitrogens with zero attached hydrogens (tertiary/aromatic N) is 1. The molecule has 6 nitrogen and oxygen atoms in total. The molecular formula is C15H19NO5S. The van der Waals surface area contributed by atoms with Gasteiger partial charge in [-0.25, -0.2) is 8.42 Å². The van der Waals surface area contributed by atoms with Gasteiger partial charge in [0.05, 0.1) is 11.5 Å². The molecule has 0 amide bonds. The van der Waals surface area contributed by atoms with Gasteiger partial charge in [-0.2, -0.15) is 4.31 Å². The summed E-state index contributed by atoms with van der Waals surface area (Å²) in [5.41, 5.74) is 0.402. The fraction of sp³-hybridized carbons (Fsp3) is 0.467. The van der Waals surface area contributed by atoms with Crippen molar-refractivity contribution in [3.63, 3.8) is 0 Å². The Bertz CT molecular complexity index is 638. The van der Waals surface area contributed by atoms with Crippen LogP contribution in [0.15, 0.2) is 29.2 Å². The number of hydrogen-bond donors (Lipinski definition) is 0. The summed E-state index contributed by atoms with van der Waals surface area (Å²) in [6.07, 6.45) is 2.62. The zero-order chi connectivity index (χ0) is 16.2. The molecule has 2 rings (SSSR count). The highest BCUT2D eigenvalue weighted by atomic mass is 32.2. The summed E-state index contributed by atoms with van der Waals surface area (Å²) in [5, 5.41) is 0. The molecule has 0 spiro atoms. The highest BCUT2D eigenvalue weighted by Gasteiger charge is 2.38. The highest BCUT2D eigenvalue weighted by Crippen LogP contribution is 2.26. The first-order valence-electron chi connectivity index (χ1n) is 7.24. The predicted molar refractivity (Wildman–Crippen MR) is 80.0 cm³/mol. The molecule has 0 saturated carbocycles. The standard InChI is InChI=1S/C15H19NO5S/c1-2-21-15(18)14-5-3-4-10-16(14)22(19,20)13-8-6-12(11-17)7-9-13/h6-9,11,14H,2-5,10H2,1H3. The molecule has 0 aromatic heterocycles. The van der Waals surface area contributed by atoms with Crippen LogP contribution in [0.5, 0.6) is 0 Å². The summed E-state index contributed by atoms with van der Waals surface area (Å²) >= 11 is 0. The first kappa shape index (κ1) is 16.6. The van der Waals surface area contributed by atoms with Crippen LogP contribution in [0.3, 0.4) is 0 Å². The van der Waals surface area contributed by atoms with E-state index in [-0.39, 0.29) is 11.5 Å². The molecule has 1 aliphatic rings. The van der Waals surface area contributed by atoms with E-state index in [9.17, 15) is 18.0 Å². The maximum Gasteiger partial charge on any atom is 0.324 e. The molecule has 0 N–H and O–H groups in total. The zero-order valence-electron chi connectivity index (χ0n) is 12.4. The summed E-state index contributed by atoms with van der Waals surface area (Å²) in [6, 6.07) is 4.89. The number of ether oxygens (including phenoxy) is 1. The van der Waals surface area contributed by atoms with E-state index in [1.807, 2.05) is 0 Å². The van der Waals surface area contributed by atoms with Gasteiger partial charge in [0.15, 0.2) is 0 Å². The average molecular weight is 325 g/mol. The lowest BCUT2D eigenvalue weighted by Gasteiger charge is -2.32. The Labute approximate surface area is 130 Å². The van der Waals surface area contributed by atoms with Crippen molar-refractivity contribution in [1.29, 1.82) is 0 Å². The Kier molecular flexibility index (Phi) is 5.31. The van der Waals surface area contributed by atoms with Crippen molar-refractivity contribution in [3.05, 3.63) is 29.8 Å². The lowest BCUT2D eigenvalue weighted by atomic mass is 10.1. The highest BCUT2D eigenvalue weighted by molar-refractivity contribution is 7.89. The third-order valence-electron chi connectivity index (χ3n) is 3.64. The molecule has 120 valence electrons. The van der Waals surface area contributed by atoms with Crippen LogP contribution >= 0.6 is 0 Å². The average Bonchev–Trinajstić information content (AvgIpc) is 2.55. The summed E-state index contributed by atoms with van der Waals surface area (Å²) in [6.45, 7) is 2.20. The van der Waals surface area contributed by atoms with Crippen molar-refractivity contribution in [2.45, 2.75) is 37.1 Å². The van der Waals surface area contributed by atoms with E-state index in [4.69, 9.17) is 4.74 Å². The third-order valence-corrected chi connectivity index (χ3v) is 5.56. The summed E-state index contributed by atoms with van der Waals surface area (Å²) in [7, 11) is -3.78. The van der Waals surface area contributed by atoms with Crippen LogP contribution in [-0.4, -0.2) is 44.2 Å². The quantitative estimate of drug-likeness (QED) is 0.607. The Hall–Kier alpha value is -1.73. The fourth-order valence-corrected chi connectivity index (χ4v) is 4.17. The zero-order valence-corrected chi connectivity index (χ0v) is 13.2. The van der Waals surface area contributed by atoms with Crippen molar-refractivity contribution < 1.29 is 22.7 Å². The molecule has 1 heterocycles. The molecule has 1 saturated heterocycles. The van der Waals surface area contributed by atoms with E-state index in [1.54, 1.807) is 6.92 Å². The molecule has 7 heteroatoms. The summed E-state index contributed by atoms with van der Waals surface area (Å²) < 4.78 is 31.7. The topological polar surface area (TPSA) is 80.8 Å². The molecule has 0 aliphatic carbocycles. The molecule has 22 heavy (non-hydrogen) atoms. The van der Waals surface area contributed by atoms with Crippen molar-refractivity contribution in [2.75, 3.05) is 13.2 Å². The Balaban J connectivity index is 2.31. The lowest BCUT2D eigenvalue weighted by molar-refractivity contribution is -0.148. The van der Waals surface area contributed by atoms with Crippen LogP contribution in [0.4, 0.5) is 0 Å². The third kappa shape index (κ3) is 3.36. The van der Waals surface area contributed by atoms with Gasteiger partial charge in [-0.1, -0.05) is 12.1 Å². The minimum Gasteiger partial charge on any atom is -0.465 e. The number of hydrogen-bond acceptors (Lipinski definition) is 5. The molecule has 1 fully saturated rings. The van der Waals surface area contributed by atoms with Gasteiger partial charge in [-0.05, 0) is 38.3 Å². The van der Waals surface area contributed by atoms with Crippen molar-refractivity contribution in [3.8, 4) is 0 Å². The van der Waals surface area contributed by atoms with Crippen LogP contribution in [0.25, 0.3) is 0 Å². The minimum atomic E-state index is -3.78. The number of carbonyl (C=O) groups is 2. The molecule has 1 unspecified atom stereocenters. The van der Waals surface area contributed by atoms with Gasteiger partial charge in [0.1, 0.15) is 12.3 Å². The van der Waals surface area contributed by atoms with Crippen molar-refractivity contribution in [2.24, 2.45) is 0 Å². The second-order valence-corrected chi connectivity index (χ2v) is 6.96. The van der Waals surface area contributed by atoms with E-state index in [0.29, 0.717) is 31.2 Å². The first-order valence-corrected chi connectivity index (χ1v) is 8.68. The van der Waals surface area contributed by atoms with Gasteiger partial charge < -0.3 is 4.74 Å². The Morgan fingerprint density at radius 3 is 2.59 bits per heavy atom. The van der Waals surface area contributed by atoms with Crippen LogP contribution in [0.2, 0.25) is 0 Å². The number of carbonyl (C=O) groups excluding carboxylic acids is 2. The number of piperidine rings is 1. The first-order chi connectivity index (χ1) is 10.5. The van der Waals surface area contributed by atoms with Crippen LogP contribution in [0, 0.1) is 0 Å². The van der Waals surface area contributed by atoms with E-state index in [2.05, 4.69) is 0 Å². The van der Waals surface area contributed by atoms with E-state index in [1.165, 1.54) is 28.6 Å². The Morgan fingerprint density at radius 1 is 1.32 bits per heavy atom. The van der Waals surface area contributed by atoms with Gasteiger partial charge in [0, 0.05) is 12.1 Å². The largest absolute Gasteiger partial charge is 0.465 e. The number of sulfonamides is 1. The minimum absolute atomic E-state index is 0.0781. The predicted octanol–water partition coefficient (Wildman–Crippen LogP) is 1.61. The molecule has 1 aliphatic heterocycles. The van der Waals surface area contributed by atoms with Gasteiger partial charge in [-0.3, -0.25) is 9.59 Å². The van der Waals surface area contributed by atoms with Crippen LogP contribution < -0.4 is 0 Å². The van der Waals surface area contributed by atoms with Gasteiger partial charge in [-0.15, -0.1) is 0 Å². The van der Waals surface area contributed by atoms with E-state index >= 15 is 0 Å². The van der Waals surface area contributed by atoms with E-state index < -0.39 is 22.0 Å². The molecule has 0 bridgehead atoms. The molecule has 1 aromatic carbocycles. The number of benzene rings is 1. The fourth-order valence-electron chi connectivity index (χ4n) is 2.52. The maximum atomic E-state index is 12.7. The lowest BCUT2D eigenvalue weighted by Crippen LogP contribution is -2.48. The molecule has 1 aromatic rings. The van der Waals surface area contributed by atoms with Gasteiger partial charge >= 0.3 is 5.97 Å². The van der Waals surface area contributed by atoms with Crippen LogP contribution in [0.1, 0.15) is 36.5 Å². The molecular weight excluding hydrogens is 306 g/mol. The Morgan fingerprint density at radius 2 is 2.00 bits per heavy atom. The van der Waals surface area contributed by atoms with E-state index in [0.717, 1.165) is 6.42 Å². The number of aldehydes is 1. The number of esters is 1. The van der Waals surface area contributed by atoms with Gasteiger partial charge in [0.2, 0.25) is 10.0 Å². The molecule has 1 atom stereocenters. The van der Waals surface area contributed by atoms with Crippen molar-refractivity contribution in [1.82, 2.24) is 4.31 Å². The maximum absolute atomic E-state index is 12.7. The van der Waals surface area contributed by atoms with Gasteiger partial charge in [0.25, 0.3) is 0 Å². The summed E-state index contributed by atoms with van der Waals surface area (Å²) in [4.78, 5) is 22.8. The second kappa shape index (κ2) is 7.02. The van der Waals surface area contributed by atoms with Crippen LogP contribution in [-0.2, 0) is 19.6 Å². The summed E-state index contributed by atoms with van der Waals surface area (Å²) in [5.74, 6) is -0.504. The molecule has 0 radical (unpaired) electrons. The van der Waals surface area contributed by atoms with Crippen molar-refractivity contribution >= 4 is 22.3 Å².